The Kier molecular flexibility index (Phi) is 4.57. The zero-order chi connectivity index (χ0) is 16.9. The molecule has 3 rings (SSSR count). The molecule has 3 aromatic rings. The van der Waals surface area contributed by atoms with Crippen molar-refractivity contribution in [1.82, 2.24) is 14.7 Å². The summed E-state index contributed by atoms with van der Waals surface area (Å²) in [6.07, 6.45) is 4.58. The first kappa shape index (κ1) is 15.8. The van der Waals surface area contributed by atoms with E-state index in [9.17, 15) is 4.79 Å². The third-order valence-electron chi connectivity index (χ3n) is 3.63. The van der Waals surface area contributed by atoms with Crippen molar-refractivity contribution in [3.63, 3.8) is 0 Å². The summed E-state index contributed by atoms with van der Waals surface area (Å²) in [5.41, 5.74) is 2.30. The number of ketones is 1. The van der Waals surface area contributed by atoms with Crippen molar-refractivity contribution in [1.29, 1.82) is 0 Å². The molecule has 1 aromatic carbocycles. The molecule has 0 aliphatic heterocycles. The molecule has 5 heteroatoms. The Bertz CT molecular complexity index is 908. The van der Waals surface area contributed by atoms with E-state index in [1.54, 1.807) is 25.3 Å². The van der Waals surface area contributed by atoms with Gasteiger partial charge < -0.3 is 9.09 Å². The Morgan fingerprint density at radius 1 is 1.25 bits per heavy atom. The minimum absolute atomic E-state index is 0.0420. The molecule has 0 saturated carbocycles. The smallest absolute Gasteiger partial charge is 0.210 e. The van der Waals surface area contributed by atoms with E-state index in [0.717, 1.165) is 23.5 Å². The largest absolute Gasteiger partial charge is 0.347 e. The summed E-state index contributed by atoms with van der Waals surface area (Å²) in [6, 6.07) is 9.00. The Hall–Kier alpha value is -3.13. The fraction of sp³-hybridized carbons (Fsp3) is 0.211. The van der Waals surface area contributed by atoms with Gasteiger partial charge in [0, 0.05) is 36.0 Å². The molecule has 2 aromatic heterocycles. The highest BCUT2D eigenvalue weighted by atomic mass is 16.5. The van der Waals surface area contributed by atoms with Crippen LogP contribution in [0.1, 0.15) is 47.0 Å². The lowest BCUT2D eigenvalue weighted by molar-refractivity contribution is 0.101. The molecule has 0 unspecified atom stereocenters. The number of nitrogens with zero attached hydrogens (tertiary/aromatic N) is 3. The molecule has 0 aliphatic carbocycles. The van der Waals surface area contributed by atoms with Crippen LogP contribution in [0, 0.1) is 11.8 Å². The van der Waals surface area contributed by atoms with Crippen LogP contribution in [-0.4, -0.2) is 20.5 Å². The molecule has 0 N–H and O–H groups in total. The maximum Gasteiger partial charge on any atom is 0.210 e. The molecule has 120 valence electrons. The molecule has 0 fully saturated rings. The van der Waals surface area contributed by atoms with Crippen LogP contribution in [0.15, 0.2) is 47.2 Å². The molecule has 24 heavy (non-hydrogen) atoms. The SMILES string of the molecule is CCc1nccn1Cc1cc(C#Cc2ccc(C(C)=O)cc2)on1. The first-order chi connectivity index (χ1) is 11.7. The van der Waals surface area contributed by atoms with Gasteiger partial charge in [0.15, 0.2) is 5.78 Å². The van der Waals surface area contributed by atoms with E-state index in [1.165, 1.54) is 0 Å². The first-order valence-electron chi connectivity index (χ1n) is 7.74. The summed E-state index contributed by atoms with van der Waals surface area (Å²) in [7, 11) is 0. The van der Waals surface area contributed by atoms with E-state index in [0.29, 0.717) is 17.9 Å². The summed E-state index contributed by atoms with van der Waals surface area (Å²) in [5.74, 6) is 7.52. The topological polar surface area (TPSA) is 60.9 Å². The third kappa shape index (κ3) is 3.61. The van der Waals surface area contributed by atoms with E-state index in [2.05, 4.69) is 28.9 Å². The number of carbonyl (C=O) groups is 1. The predicted octanol–water partition coefficient (Wildman–Crippen LogP) is 3.08. The second kappa shape index (κ2) is 6.97. The van der Waals surface area contributed by atoms with Gasteiger partial charge in [0.25, 0.3) is 0 Å². The number of rotatable bonds is 4. The van der Waals surface area contributed by atoms with E-state index in [4.69, 9.17) is 4.52 Å². The monoisotopic (exact) mass is 319 g/mol. The van der Waals surface area contributed by atoms with Gasteiger partial charge in [-0.1, -0.05) is 30.1 Å². The second-order valence-corrected chi connectivity index (χ2v) is 5.39. The summed E-state index contributed by atoms with van der Waals surface area (Å²) >= 11 is 0. The van der Waals surface area contributed by atoms with Crippen LogP contribution >= 0.6 is 0 Å². The molecule has 0 saturated heterocycles. The number of aryl methyl sites for hydroxylation is 1. The summed E-state index contributed by atoms with van der Waals surface area (Å²) in [5, 5.41) is 4.05. The van der Waals surface area contributed by atoms with Crippen molar-refractivity contribution in [2.45, 2.75) is 26.8 Å². The number of Topliss-reactive ketones (excluding diaryl/α,β-unsaturated/α-hetero) is 1. The fourth-order valence-corrected chi connectivity index (χ4v) is 2.34. The quantitative estimate of drug-likeness (QED) is 0.548. The van der Waals surface area contributed by atoms with Gasteiger partial charge in [-0.2, -0.15) is 0 Å². The van der Waals surface area contributed by atoms with Crippen molar-refractivity contribution in [3.8, 4) is 11.8 Å². The molecule has 0 amide bonds. The van der Waals surface area contributed by atoms with Gasteiger partial charge in [0.2, 0.25) is 5.76 Å². The normalized spacial score (nSPS) is 10.2. The van der Waals surface area contributed by atoms with Crippen LogP contribution in [-0.2, 0) is 13.0 Å². The van der Waals surface area contributed by atoms with Gasteiger partial charge in [0.1, 0.15) is 11.5 Å². The maximum atomic E-state index is 11.2. The zero-order valence-corrected chi connectivity index (χ0v) is 13.6. The highest BCUT2D eigenvalue weighted by Gasteiger charge is 2.06. The average molecular weight is 319 g/mol. The van der Waals surface area contributed by atoms with Crippen molar-refractivity contribution >= 4 is 5.78 Å². The van der Waals surface area contributed by atoms with Crippen LogP contribution in [0.3, 0.4) is 0 Å². The highest BCUT2D eigenvalue weighted by Crippen LogP contribution is 2.08. The van der Waals surface area contributed by atoms with E-state index in [-0.39, 0.29) is 5.78 Å². The number of hydrogen-bond donors (Lipinski definition) is 0. The molecular weight excluding hydrogens is 302 g/mol. The number of hydrogen-bond acceptors (Lipinski definition) is 4. The summed E-state index contributed by atoms with van der Waals surface area (Å²) < 4.78 is 7.30. The van der Waals surface area contributed by atoms with Crippen molar-refractivity contribution < 1.29 is 9.32 Å². The van der Waals surface area contributed by atoms with Gasteiger partial charge in [-0.3, -0.25) is 4.79 Å². The van der Waals surface area contributed by atoms with E-state index < -0.39 is 0 Å². The molecule has 0 spiro atoms. The lowest BCUT2D eigenvalue weighted by Crippen LogP contribution is -2.03. The van der Waals surface area contributed by atoms with E-state index >= 15 is 0 Å². The number of aromatic nitrogens is 3. The van der Waals surface area contributed by atoms with Gasteiger partial charge in [-0.25, -0.2) is 4.98 Å². The number of imidazole rings is 1. The molecule has 2 heterocycles. The summed E-state index contributed by atoms with van der Waals surface area (Å²) in [4.78, 5) is 15.5. The molecule has 0 atom stereocenters. The van der Waals surface area contributed by atoms with Gasteiger partial charge in [-0.05, 0) is 25.0 Å². The van der Waals surface area contributed by atoms with Crippen LogP contribution in [0.5, 0.6) is 0 Å². The molecule has 0 bridgehead atoms. The van der Waals surface area contributed by atoms with Crippen molar-refractivity contribution in [3.05, 3.63) is 71.1 Å². The van der Waals surface area contributed by atoms with Gasteiger partial charge in [0.05, 0.1) is 6.54 Å². The lowest BCUT2D eigenvalue weighted by atomic mass is 10.1. The Balaban J connectivity index is 1.71. The highest BCUT2D eigenvalue weighted by molar-refractivity contribution is 5.94. The predicted molar refractivity (Wildman–Crippen MR) is 89.6 cm³/mol. The van der Waals surface area contributed by atoms with Crippen LogP contribution in [0.2, 0.25) is 0 Å². The van der Waals surface area contributed by atoms with Crippen LogP contribution in [0.25, 0.3) is 0 Å². The third-order valence-corrected chi connectivity index (χ3v) is 3.63. The maximum absolute atomic E-state index is 11.2. The zero-order valence-electron chi connectivity index (χ0n) is 13.6. The number of carbonyl (C=O) groups excluding carboxylic acids is 1. The fourth-order valence-electron chi connectivity index (χ4n) is 2.34. The molecular formula is C19H17N3O2. The standard InChI is InChI=1S/C19H17N3O2/c1-3-19-20-10-11-22(19)13-17-12-18(24-21-17)9-6-15-4-7-16(8-5-15)14(2)23/h4-5,7-8,10-12H,3,13H2,1-2H3. The lowest BCUT2D eigenvalue weighted by Gasteiger charge is -2.02. The molecule has 0 radical (unpaired) electrons. The molecule has 5 nitrogen and oxygen atoms in total. The average Bonchev–Trinajstić information content (AvgIpc) is 3.22. The minimum Gasteiger partial charge on any atom is -0.347 e. The second-order valence-electron chi connectivity index (χ2n) is 5.39. The Labute approximate surface area is 140 Å². The van der Waals surface area contributed by atoms with Crippen molar-refractivity contribution in [2.24, 2.45) is 0 Å². The van der Waals surface area contributed by atoms with E-state index in [1.807, 2.05) is 29.0 Å². The van der Waals surface area contributed by atoms with Gasteiger partial charge in [-0.15, -0.1) is 0 Å². The van der Waals surface area contributed by atoms with Crippen LogP contribution < -0.4 is 0 Å². The minimum atomic E-state index is 0.0420. The first-order valence-corrected chi connectivity index (χ1v) is 7.74. The Morgan fingerprint density at radius 3 is 2.75 bits per heavy atom. The molecule has 0 aliphatic rings. The number of benzene rings is 1. The Morgan fingerprint density at radius 2 is 2.04 bits per heavy atom. The van der Waals surface area contributed by atoms with Crippen molar-refractivity contribution in [2.75, 3.05) is 0 Å². The summed E-state index contributed by atoms with van der Waals surface area (Å²) in [6.45, 7) is 4.22. The van der Waals surface area contributed by atoms with Gasteiger partial charge >= 0.3 is 0 Å². The van der Waals surface area contributed by atoms with Crippen LogP contribution in [0.4, 0.5) is 0 Å².